The van der Waals surface area contributed by atoms with Gasteiger partial charge in [-0.3, -0.25) is 4.90 Å². The van der Waals surface area contributed by atoms with E-state index in [2.05, 4.69) is 30.1 Å². The molecule has 2 heterocycles. The van der Waals surface area contributed by atoms with Crippen molar-refractivity contribution in [2.75, 3.05) is 26.2 Å². The van der Waals surface area contributed by atoms with Crippen molar-refractivity contribution < 1.29 is 0 Å². The first kappa shape index (κ1) is 14.0. The summed E-state index contributed by atoms with van der Waals surface area (Å²) in [6, 6.07) is 2.58. The van der Waals surface area contributed by atoms with Crippen LogP contribution in [0, 0.1) is 6.92 Å². The Labute approximate surface area is 122 Å². The highest BCUT2D eigenvalue weighted by Crippen LogP contribution is 2.39. The van der Waals surface area contributed by atoms with E-state index < -0.39 is 0 Å². The third-order valence-corrected chi connectivity index (χ3v) is 4.34. The Hall–Kier alpha value is -1.00. The molecule has 20 heavy (non-hydrogen) atoms. The van der Waals surface area contributed by atoms with E-state index in [-0.39, 0.29) is 0 Å². The summed E-state index contributed by atoms with van der Waals surface area (Å²) >= 11 is 0. The van der Waals surface area contributed by atoms with Gasteiger partial charge in [-0.1, -0.05) is 13.3 Å². The Kier molecular flexibility index (Phi) is 4.32. The van der Waals surface area contributed by atoms with Crippen molar-refractivity contribution in [3.8, 4) is 0 Å². The largest absolute Gasteiger partial charge is 0.314 e. The number of nitrogens with zero attached hydrogens (tertiary/aromatic N) is 3. The maximum atomic E-state index is 4.92. The van der Waals surface area contributed by atoms with E-state index in [1.54, 1.807) is 0 Å². The molecule has 1 atom stereocenters. The maximum Gasteiger partial charge on any atom is 0.145 e. The predicted octanol–water partition coefficient (Wildman–Crippen LogP) is 2.41. The molecule has 1 saturated heterocycles. The monoisotopic (exact) mass is 274 g/mol. The van der Waals surface area contributed by atoms with Crippen molar-refractivity contribution >= 4 is 0 Å². The summed E-state index contributed by atoms with van der Waals surface area (Å²) in [7, 11) is 0. The minimum absolute atomic E-state index is 0.402. The van der Waals surface area contributed by atoms with Gasteiger partial charge in [0, 0.05) is 43.5 Å². The second-order valence-corrected chi connectivity index (χ2v) is 6.16. The lowest BCUT2D eigenvalue weighted by Crippen LogP contribution is -2.45. The fourth-order valence-corrected chi connectivity index (χ4v) is 3.10. The van der Waals surface area contributed by atoms with Gasteiger partial charge in [-0.25, -0.2) is 9.97 Å². The number of aryl methyl sites for hydroxylation is 1. The topological polar surface area (TPSA) is 41.1 Å². The zero-order valence-electron chi connectivity index (χ0n) is 12.7. The van der Waals surface area contributed by atoms with Gasteiger partial charge in [0.25, 0.3) is 0 Å². The molecule has 3 rings (SSSR count). The van der Waals surface area contributed by atoms with Crippen LogP contribution < -0.4 is 5.32 Å². The summed E-state index contributed by atoms with van der Waals surface area (Å²) in [6.07, 6.45) is 4.96. The van der Waals surface area contributed by atoms with Crippen molar-refractivity contribution in [1.82, 2.24) is 20.2 Å². The normalized spacial score (nSPS) is 21.9. The highest BCUT2D eigenvalue weighted by molar-refractivity contribution is 5.19. The molecule has 1 unspecified atom stereocenters. The van der Waals surface area contributed by atoms with Crippen molar-refractivity contribution in [2.24, 2.45) is 0 Å². The van der Waals surface area contributed by atoms with Crippen LogP contribution in [0.4, 0.5) is 0 Å². The number of piperazine rings is 1. The molecule has 1 aromatic rings. The van der Waals surface area contributed by atoms with Crippen LogP contribution in [-0.2, 0) is 0 Å². The second kappa shape index (κ2) is 6.19. The first-order chi connectivity index (χ1) is 9.78. The molecule has 1 N–H and O–H groups in total. The van der Waals surface area contributed by atoms with Gasteiger partial charge in [0.15, 0.2) is 0 Å². The minimum atomic E-state index is 0.402. The number of nitrogens with one attached hydrogen (secondary N) is 1. The predicted molar refractivity (Wildman–Crippen MR) is 80.8 cm³/mol. The molecular weight excluding hydrogens is 248 g/mol. The maximum absolute atomic E-state index is 4.92. The van der Waals surface area contributed by atoms with E-state index in [4.69, 9.17) is 9.97 Å². The lowest BCUT2D eigenvalue weighted by atomic mass is 10.1. The molecule has 0 radical (unpaired) electrons. The first-order valence-corrected chi connectivity index (χ1v) is 8.08. The highest BCUT2D eigenvalue weighted by Gasteiger charge is 2.28. The molecule has 1 saturated carbocycles. The summed E-state index contributed by atoms with van der Waals surface area (Å²) in [5.41, 5.74) is 2.41. The van der Waals surface area contributed by atoms with Crippen LogP contribution in [0.25, 0.3) is 0 Å². The lowest BCUT2D eigenvalue weighted by molar-refractivity contribution is 0.157. The van der Waals surface area contributed by atoms with E-state index in [0.29, 0.717) is 12.0 Å². The molecule has 0 aromatic carbocycles. The van der Waals surface area contributed by atoms with Gasteiger partial charge in [0.05, 0.1) is 6.04 Å². The Bertz CT molecular complexity index is 450. The van der Waals surface area contributed by atoms with E-state index in [1.165, 1.54) is 25.0 Å². The first-order valence-electron chi connectivity index (χ1n) is 8.08. The van der Waals surface area contributed by atoms with Crippen LogP contribution in [0.3, 0.4) is 0 Å². The number of rotatable bonds is 5. The molecule has 0 amide bonds. The number of aromatic nitrogens is 2. The summed E-state index contributed by atoms with van der Waals surface area (Å²) in [5.74, 6) is 1.77. The molecule has 0 spiro atoms. The highest BCUT2D eigenvalue weighted by atomic mass is 15.2. The Balaban J connectivity index is 1.85. The molecule has 0 bridgehead atoms. The van der Waals surface area contributed by atoms with Crippen LogP contribution in [0.1, 0.15) is 61.8 Å². The zero-order chi connectivity index (χ0) is 13.9. The Morgan fingerprint density at radius 1 is 1.30 bits per heavy atom. The van der Waals surface area contributed by atoms with Crippen molar-refractivity contribution in [1.29, 1.82) is 0 Å². The summed E-state index contributed by atoms with van der Waals surface area (Å²) in [4.78, 5) is 12.2. The van der Waals surface area contributed by atoms with Gasteiger partial charge in [-0.15, -0.1) is 0 Å². The van der Waals surface area contributed by atoms with Gasteiger partial charge in [0.1, 0.15) is 5.82 Å². The molecule has 4 heteroatoms. The van der Waals surface area contributed by atoms with E-state index in [0.717, 1.165) is 44.1 Å². The molecular formula is C16H26N4. The van der Waals surface area contributed by atoms with Crippen LogP contribution in [0.5, 0.6) is 0 Å². The smallest absolute Gasteiger partial charge is 0.145 e. The average Bonchev–Trinajstić information content (AvgIpc) is 3.29. The summed E-state index contributed by atoms with van der Waals surface area (Å²) < 4.78 is 0. The van der Waals surface area contributed by atoms with Crippen LogP contribution >= 0.6 is 0 Å². The number of hydrogen-bond donors (Lipinski definition) is 1. The van der Waals surface area contributed by atoms with Gasteiger partial charge in [0.2, 0.25) is 0 Å². The molecule has 4 nitrogen and oxygen atoms in total. The standard InChI is InChI=1S/C16H26N4/c1-3-4-15(20-9-7-17-8-10-20)16-18-12(2)11-14(19-16)13-5-6-13/h11,13,15,17H,3-10H2,1-2H3. The van der Waals surface area contributed by atoms with Crippen molar-refractivity contribution in [2.45, 2.75) is 51.5 Å². The average molecular weight is 274 g/mol. The van der Waals surface area contributed by atoms with Crippen LogP contribution in [0.2, 0.25) is 0 Å². The quantitative estimate of drug-likeness (QED) is 0.895. The van der Waals surface area contributed by atoms with Crippen LogP contribution in [-0.4, -0.2) is 41.0 Å². The van der Waals surface area contributed by atoms with Crippen molar-refractivity contribution in [3.63, 3.8) is 0 Å². The molecule has 2 fully saturated rings. The van der Waals surface area contributed by atoms with Gasteiger partial charge < -0.3 is 5.32 Å². The molecule has 2 aliphatic rings. The molecule has 1 aliphatic heterocycles. The lowest BCUT2D eigenvalue weighted by Gasteiger charge is -2.34. The number of hydrogen-bond acceptors (Lipinski definition) is 4. The molecule has 1 aromatic heterocycles. The van der Waals surface area contributed by atoms with Gasteiger partial charge in [-0.2, -0.15) is 0 Å². The minimum Gasteiger partial charge on any atom is -0.314 e. The van der Waals surface area contributed by atoms with Gasteiger partial charge in [-0.05, 0) is 32.3 Å². The van der Waals surface area contributed by atoms with E-state index >= 15 is 0 Å². The SMILES string of the molecule is CCCC(c1nc(C)cc(C2CC2)n1)N1CCNCC1. The second-order valence-electron chi connectivity index (χ2n) is 6.16. The zero-order valence-corrected chi connectivity index (χ0v) is 12.7. The fraction of sp³-hybridized carbons (Fsp3) is 0.750. The molecule has 1 aliphatic carbocycles. The van der Waals surface area contributed by atoms with Gasteiger partial charge >= 0.3 is 0 Å². The van der Waals surface area contributed by atoms with E-state index in [1.807, 2.05) is 0 Å². The summed E-state index contributed by atoms with van der Waals surface area (Å²) in [6.45, 7) is 8.76. The third-order valence-electron chi connectivity index (χ3n) is 4.34. The van der Waals surface area contributed by atoms with E-state index in [9.17, 15) is 0 Å². The van der Waals surface area contributed by atoms with Crippen molar-refractivity contribution in [3.05, 3.63) is 23.3 Å². The fourth-order valence-electron chi connectivity index (χ4n) is 3.10. The molecule has 110 valence electrons. The Morgan fingerprint density at radius 3 is 2.70 bits per heavy atom. The third kappa shape index (κ3) is 3.18. The Morgan fingerprint density at radius 2 is 2.05 bits per heavy atom. The summed E-state index contributed by atoms with van der Waals surface area (Å²) in [5, 5.41) is 3.43. The van der Waals surface area contributed by atoms with Crippen LogP contribution in [0.15, 0.2) is 6.07 Å².